The Bertz CT molecular complexity index is 286. The molecule has 0 amide bonds. The molecule has 3 heteroatoms. The fourth-order valence-electron chi connectivity index (χ4n) is 0.846. The molecule has 0 aliphatic rings. The van der Waals surface area contributed by atoms with E-state index in [1.165, 1.54) is 6.20 Å². The largest absolute Gasteiger partial charge is 0.494 e. The summed E-state index contributed by atoms with van der Waals surface area (Å²) in [4.78, 5) is 3.47. The summed E-state index contributed by atoms with van der Waals surface area (Å²) in [5, 5.41) is 0. The third-order valence-electron chi connectivity index (χ3n) is 1.38. The van der Waals surface area contributed by atoms with Gasteiger partial charge in [-0.25, -0.2) is 4.98 Å². The lowest BCUT2D eigenvalue weighted by molar-refractivity contribution is 0.297. The number of ether oxygens (including phenoxy) is 1. The molecule has 2 nitrogen and oxygen atoms in total. The first-order valence-electron chi connectivity index (χ1n) is 3.68. The maximum Gasteiger partial charge on any atom is 0.223 e. The number of hydrogen-bond donors (Lipinski definition) is 0. The highest BCUT2D eigenvalue weighted by Crippen LogP contribution is 2.14. The Morgan fingerprint density at radius 3 is 3.08 bits per heavy atom. The van der Waals surface area contributed by atoms with Gasteiger partial charge in [-0.3, -0.25) is 0 Å². The van der Waals surface area contributed by atoms with Gasteiger partial charge < -0.3 is 4.74 Å². The lowest BCUT2D eigenvalue weighted by atomic mass is 10.2. The molecule has 1 aromatic rings. The number of aromatic nitrogens is 1. The van der Waals surface area contributed by atoms with E-state index in [4.69, 9.17) is 4.74 Å². The Kier molecular flexibility index (Phi) is 2.80. The van der Waals surface area contributed by atoms with Crippen LogP contribution in [0.2, 0.25) is 0 Å². The lowest BCUT2D eigenvalue weighted by Crippen LogP contribution is -1.95. The fraction of sp³-hybridized carbons (Fsp3) is 0.222. The minimum absolute atomic E-state index is 0.319. The summed E-state index contributed by atoms with van der Waals surface area (Å²) in [7, 11) is 0. The normalized spacial score (nSPS) is 9.50. The van der Waals surface area contributed by atoms with Crippen LogP contribution in [0, 0.1) is 5.95 Å². The molecular weight excluding hydrogens is 157 g/mol. The number of nitrogens with zero attached hydrogens (tertiary/aromatic N) is 1. The molecule has 0 spiro atoms. The van der Waals surface area contributed by atoms with Crippen LogP contribution in [-0.2, 0) is 4.74 Å². The number of rotatable bonds is 3. The van der Waals surface area contributed by atoms with E-state index in [0.717, 1.165) is 0 Å². The zero-order valence-electron chi connectivity index (χ0n) is 6.88. The summed E-state index contributed by atoms with van der Waals surface area (Å²) >= 11 is 0. The quantitative estimate of drug-likeness (QED) is 0.508. The molecule has 0 radical (unpaired) electrons. The van der Waals surface area contributed by atoms with Gasteiger partial charge in [-0.2, -0.15) is 4.39 Å². The van der Waals surface area contributed by atoms with Crippen molar-refractivity contribution in [2.45, 2.75) is 6.92 Å². The van der Waals surface area contributed by atoms with Crippen molar-refractivity contribution in [1.29, 1.82) is 0 Å². The SMILES string of the molecule is C=C(OCC)c1cccnc1F. The summed E-state index contributed by atoms with van der Waals surface area (Å²) in [6.07, 6.45) is 1.39. The van der Waals surface area contributed by atoms with Crippen LogP contribution in [0.4, 0.5) is 4.39 Å². The minimum atomic E-state index is -0.545. The summed E-state index contributed by atoms with van der Waals surface area (Å²) in [5.41, 5.74) is 0.319. The van der Waals surface area contributed by atoms with Crippen LogP contribution in [0.25, 0.3) is 5.76 Å². The van der Waals surface area contributed by atoms with Crippen LogP contribution in [-0.4, -0.2) is 11.6 Å². The Hall–Kier alpha value is -1.38. The van der Waals surface area contributed by atoms with Crippen molar-refractivity contribution in [3.05, 3.63) is 36.4 Å². The third-order valence-corrected chi connectivity index (χ3v) is 1.38. The Morgan fingerprint density at radius 2 is 2.50 bits per heavy atom. The van der Waals surface area contributed by atoms with Crippen LogP contribution in [0.5, 0.6) is 0 Å². The molecule has 0 aromatic carbocycles. The fourth-order valence-corrected chi connectivity index (χ4v) is 0.846. The molecule has 0 unspecified atom stereocenters. The maximum absolute atomic E-state index is 12.9. The number of pyridine rings is 1. The monoisotopic (exact) mass is 167 g/mol. The van der Waals surface area contributed by atoms with E-state index < -0.39 is 5.95 Å². The van der Waals surface area contributed by atoms with Gasteiger partial charge in [0.25, 0.3) is 0 Å². The van der Waals surface area contributed by atoms with Crippen LogP contribution >= 0.6 is 0 Å². The van der Waals surface area contributed by atoms with E-state index in [2.05, 4.69) is 11.6 Å². The molecule has 0 atom stereocenters. The molecule has 0 N–H and O–H groups in total. The Morgan fingerprint density at radius 1 is 1.75 bits per heavy atom. The highest BCUT2D eigenvalue weighted by atomic mass is 19.1. The van der Waals surface area contributed by atoms with Crippen molar-refractivity contribution >= 4 is 5.76 Å². The Balaban J connectivity index is 2.87. The lowest BCUT2D eigenvalue weighted by Gasteiger charge is -2.05. The maximum atomic E-state index is 12.9. The van der Waals surface area contributed by atoms with Gasteiger partial charge in [0.2, 0.25) is 5.95 Å². The Labute approximate surface area is 70.7 Å². The van der Waals surface area contributed by atoms with Crippen LogP contribution in [0.3, 0.4) is 0 Å². The van der Waals surface area contributed by atoms with Crippen LogP contribution in [0.15, 0.2) is 24.9 Å². The summed E-state index contributed by atoms with van der Waals surface area (Å²) < 4.78 is 17.9. The number of halogens is 1. The average molecular weight is 167 g/mol. The van der Waals surface area contributed by atoms with Crippen LogP contribution < -0.4 is 0 Å². The van der Waals surface area contributed by atoms with Crippen LogP contribution in [0.1, 0.15) is 12.5 Å². The minimum Gasteiger partial charge on any atom is -0.494 e. The van der Waals surface area contributed by atoms with Gasteiger partial charge in [0.1, 0.15) is 5.76 Å². The second-order valence-corrected chi connectivity index (χ2v) is 2.20. The van der Waals surface area contributed by atoms with Gasteiger partial charge >= 0.3 is 0 Å². The zero-order chi connectivity index (χ0) is 8.97. The molecule has 0 saturated heterocycles. The van der Waals surface area contributed by atoms with E-state index in [9.17, 15) is 4.39 Å². The van der Waals surface area contributed by atoms with Crippen molar-refractivity contribution in [2.75, 3.05) is 6.61 Å². The highest BCUT2D eigenvalue weighted by molar-refractivity contribution is 5.56. The highest BCUT2D eigenvalue weighted by Gasteiger charge is 2.05. The molecule has 1 aromatic heterocycles. The standard InChI is InChI=1S/C9H10FNO/c1-3-12-7(2)8-5-4-6-11-9(8)10/h4-6H,2-3H2,1H3. The molecule has 0 fully saturated rings. The predicted octanol–water partition coefficient (Wildman–Crippen LogP) is 2.23. The third kappa shape index (κ3) is 1.81. The van der Waals surface area contributed by atoms with Crippen molar-refractivity contribution in [2.24, 2.45) is 0 Å². The molecule has 1 heterocycles. The number of hydrogen-bond acceptors (Lipinski definition) is 2. The van der Waals surface area contributed by atoms with E-state index in [-0.39, 0.29) is 0 Å². The van der Waals surface area contributed by atoms with Gasteiger partial charge in [0, 0.05) is 6.20 Å². The van der Waals surface area contributed by atoms with E-state index in [1.807, 2.05) is 6.92 Å². The summed E-state index contributed by atoms with van der Waals surface area (Å²) in [6.45, 7) is 5.87. The zero-order valence-corrected chi connectivity index (χ0v) is 6.88. The van der Waals surface area contributed by atoms with Crippen molar-refractivity contribution in [3.63, 3.8) is 0 Å². The second kappa shape index (κ2) is 3.85. The van der Waals surface area contributed by atoms with Crippen molar-refractivity contribution in [3.8, 4) is 0 Å². The molecule has 0 bridgehead atoms. The van der Waals surface area contributed by atoms with Gasteiger partial charge in [-0.1, -0.05) is 6.58 Å². The van der Waals surface area contributed by atoms with Gasteiger partial charge in [0.15, 0.2) is 0 Å². The molecular formula is C9H10FNO. The van der Waals surface area contributed by atoms with E-state index in [1.54, 1.807) is 12.1 Å². The predicted molar refractivity (Wildman–Crippen MR) is 44.9 cm³/mol. The molecule has 0 aliphatic heterocycles. The molecule has 0 saturated carbocycles. The molecule has 0 aliphatic carbocycles. The molecule has 1 rings (SSSR count). The summed E-state index contributed by atoms with van der Waals surface area (Å²) in [6, 6.07) is 3.23. The van der Waals surface area contributed by atoms with Gasteiger partial charge in [-0.15, -0.1) is 0 Å². The van der Waals surface area contributed by atoms with E-state index in [0.29, 0.717) is 17.9 Å². The average Bonchev–Trinajstić information content (AvgIpc) is 2.05. The first-order chi connectivity index (χ1) is 5.75. The first-order valence-corrected chi connectivity index (χ1v) is 3.68. The van der Waals surface area contributed by atoms with Gasteiger partial charge in [-0.05, 0) is 19.1 Å². The molecule has 64 valence electrons. The van der Waals surface area contributed by atoms with Crippen molar-refractivity contribution in [1.82, 2.24) is 4.98 Å². The van der Waals surface area contributed by atoms with E-state index >= 15 is 0 Å². The topological polar surface area (TPSA) is 22.1 Å². The smallest absolute Gasteiger partial charge is 0.223 e. The molecule has 12 heavy (non-hydrogen) atoms. The summed E-state index contributed by atoms with van der Waals surface area (Å²) in [5.74, 6) is -0.223. The first kappa shape index (κ1) is 8.71. The van der Waals surface area contributed by atoms with Gasteiger partial charge in [0.05, 0.1) is 12.2 Å². The second-order valence-electron chi connectivity index (χ2n) is 2.20. The van der Waals surface area contributed by atoms with Crippen molar-refractivity contribution < 1.29 is 9.13 Å².